The largest absolute Gasteiger partial charge is 0.463 e. The quantitative estimate of drug-likeness (QED) is 0.210. The number of amides is 1. The second-order valence-electron chi connectivity index (χ2n) is 11.9. The number of amidine groups is 1. The van der Waals surface area contributed by atoms with E-state index in [1.807, 2.05) is 18.4 Å². The zero-order chi connectivity index (χ0) is 29.4. The van der Waals surface area contributed by atoms with E-state index in [4.69, 9.17) is 10.7 Å². The molecule has 41 heavy (non-hydrogen) atoms. The number of carbonyl (C=O) groups is 1. The Labute approximate surface area is 239 Å². The summed E-state index contributed by atoms with van der Waals surface area (Å²) in [5.41, 5.74) is 8.81. The number of fused-ring (bicyclic) bond motifs is 1. The molecule has 10 nitrogen and oxygen atoms in total. The summed E-state index contributed by atoms with van der Waals surface area (Å²) in [7, 11) is 0. The molecule has 0 aromatic carbocycles. The summed E-state index contributed by atoms with van der Waals surface area (Å²) in [6, 6.07) is 1.83. The minimum atomic E-state index is -1.44. The molecule has 0 bridgehead atoms. The summed E-state index contributed by atoms with van der Waals surface area (Å²) in [5, 5.41) is 12.8. The lowest BCUT2D eigenvalue weighted by Gasteiger charge is -2.32. The van der Waals surface area contributed by atoms with E-state index in [0.717, 1.165) is 44.2 Å². The van der Waals surface area contributed by atoms with Gasteiger partial charge in [0.1, 0.15) is 17.0 Å². The lowest BCUT2D eigenvalue weighted by atomic mass is 9.80. The first-order valence-corrected chi connectivity index (χ1v) is 14.5. The molecule has 3 heterocycles. The summed E-state index contributed by atoms with van der Waals surface area (Å²) < 4.78 is 16.6. The van der Waals surface area contributed by atoms with E-state index in [2.05, 4.69) is 45.7 Å². The highest BCUT2D eigenvalue weighted by molar-refractivity contribution is 6.02. The lowest BCUT2D eigenvalue weighted by molar-refractivity contribution is 0.205. The molecule has 218 valence electrons. The number of carboxylic acid groups (broad SMARTS) is 1. The van der Waals surface area contributed by atoms with Gasteiger partial charge in [-0.25, -0.2) is 29.1 Å². The molecule has 1 atom stereocenters. The van der Waals surface area contributed by atoms with Gasteiger partial charge in [-0.3, -0.25) is 4.57 Å². The molecular formula is C30H39FN8O2. The third kappa shape index (κ3) is 5.80. The van der Waals surface area contributed by atoms with Crippen molar-refractivity contribution in [3.8, 4) is 11.5 Å². The van der Waals surface area contributed by atoms with Crippen molar-refractivity contribution in [2.45, 2.75) is 84.6 Å². The van der Waals surface area contributed by atoms with Crippen molar-refractivity contribution in [2.24, 2.45) is 28.5 Å². The second-order valence-corrected chi connectivity index (χ2v) is 11.9. The first kappa shape index (κ1) is 28.6. The number of allylic oxidation sites excluding steroid dienone is 1. The molecule has 2 aliphatic rings. The molecule has 2 saturated carbocycles. The number of halogens is 1. The number of aliphatic imine (C=N–C) groups is 1. The number of anilines is 1. The molecule has 0 saturated heterocycles. The van der Waals surface area contributed by atoms with Crippen molar-refractivity contribution in [1.82, 2.24) is 24.5 Å². The van der Waals surface area contributed by atoms with Crippen LogP contribution in [-0.2, 0) is 0 Å². The van der Waals surface area contributed by atoms with Gasteiger partial charge in [-0.15, -0.1) is 0 Å². The molecule has 0 aliphatic heterocycles. The van der Waals surface area contributed by atoms with Crippen LogP contribution >= 0.6 is 0 Å². The molecule has 5 rings (SSSR count). The Balaban J connectivity index is 1.75. The maximum atomic E-state index is 14.7. The molecule has 2 aliphatic carbocycles. The number of hydrogen-bond donors (Lipinski definition) is 3. The molecule has 4 N–H and O–H groups in total. The number of hydrogen-bond acceptors (Lipinski definition) is 6. The number of imidazole rings is 1. The van der Waals surface area contributed by atoms with Gasteiger partial charge in [0.25, 0.3) is 0 Å². The molecule has 1 amide bonds. The van der Waals surface area contributed by atoms with E-state index in [-0.39, 0.29) is 35.4 Å². The number of nitrogens with one attached hydrogen (secondary N) is 1. The van der Waals surface area contributed by atoms with Crippen LogP contribution in [-0.4, -0.2) is 47.6 Å². The zero-order valence-electron chi connectivity index (χ0n) is 24.2. The van der Waals surface area contributed by atoms with Crippen molar-refractivity contribution in [1.29, 1.82) is 0 Å². The Morgan fingerprint density at radius 1 is 1.17 bits per heavy atom. The van der Waals surface area contributed by atoms with Crippen LogP contribution in [0.25, 0.3) is 28.4 Å². The van der Waals surface area contributed by atoms with Gasteiger partial charge in [0.2, 0.25) is 0 Å². The maximum Gasteiger partial charge on any atom is 0.433 e. The number of nitrogens with zero attached hydrogens (tertiary/aromatic N) is 6. The Hall–Kier alpha value is -3.89. The predicted octanol–water partition coefficient (Wildman–Crippen LogP) is 6.43. The molecule has 3 aromatic rings. The van der Waals surface area contributed by atoms with Gasteiger partial charge >= 0.3 is 6.09 Å². The first-order chi connectivity index (χ1) is 19.5. The third-order valence-electron chi connectivity index (χ3n) is 8.69. The number of nitrogens with two attached hydrogens (primary N) is 1. The molecular weight excluding hydrogens is 523 g/mol. The van der Waals surface area contributed by atoms with Crippen LogP contribution in [0.5, 0.6) is 0 Å². The second kappa shape index (κ2) is 11.5. The van der Waals surface area contributed by atoms with E-state index >= 15 is 0 Å². The van der Waals surface area contributed by atoms with Crippen LogP contribution in [0.3, 0.4) is 0 Å². The topological polar surface area (TPSA) is 144 Å². The molecule has 2 fully saturated rings. The van der Waals surface area contributed by atoms with Crippen LogP contribution in [0.1, 0.15) is 89.9 Å². The van der Waals surface area contributed by atoms with Gasteiger partial charge in [0.15, 0.2) is 28.9 Å². The minimum absolute atomic E-state index is 0.0357. The van der Waals surface area contributed by atoms with Crippen molar-refractivity contribution in [3.63, 3.8) is 0 Å². The third-order valence-corrected chi connectivity index (χ3v) is 8.69. The highest BCUT2D eigenvalue weighted by Crippen LogP contribution is 2.40. The van der Waals surface area contributed by atoms with Crippen molar-refractivity contribution >= 4 is 34.6 Å². The average molecular weight is 563 g/mol. The lowest BCUT2D eigenvalue weighted by Crippen LogP contribution is -2.32. The first-order valence-electron chi connectivity index (χ1n) is 14.5. The van der Waals surface area contributed by atoms with Gasteiger partial charge in [-0.2, -0.15) is 4.99 Å². The number of rotatable bonds is 8. The van der Waals surface area contributed by atoms with Gasteiger partial charge in [-0.1, -0.05) is 46.6 Å². The Morgan fingerprint density at radius 2 is 1.88 bits per heavy atom. The summed E-state index contributed by atoms with van der Waals surface area (Å²) in [6.07, 6.45) is 7.40. The van der Waals surface area contributed by atoms with Crippen LogP contribution in [0.4, 0.5) is 15.0 Å². The van der Waals surface area contributed by atoms with E-state index < -0.39 is 6.09 Å². The smallest absolute Gasteiger partial charge is 0.433 e. The molecule has 11 heteroatoms. The molecule has 3 aromatic heterocycles. The van der Waals surface area contributed by atoms with Crippen LogP contribution in [0.15, 0.2) is 23.8 Å². The summed E-state index contributed by atoms with van der Waals surface area (Å²) in [5.74, 6) is 1.52. The SMILES string of the molecule is C=C(C1CCC(C)CC1)n1c(-c2cc(C(C)C)c(F)cn2)nc2nc(C(N)=NC(=O)O)nc(NC(C)C3CCC3)c21. The van der Waals surface area contributed by atoms with E-state index in [1.165, 1.54) is 12.6 Å². The number of aromatic nitrogens is 5. The number of pyridine rings is 1. The van der Waals surface area contributed by atoms with Crippen molar-refractivity contribution in [3.05, 3.63) is 36.0 Å². The molecule has 1 unspecified atom stereocenters. The predicted molar refractivity (Wildman–Crippen MR) is 158 cm³/mol. The van der Waals surface area contributed by atoms with Crippen molar-refractivity contribution < 1.29 is 14.3 Å². The fraction of sp³-hybridized carbons (Fsp3) is 0.533. The highest BCUT2D eigenvalue weighted by Gasteiger charge is 2.30. The van der Waals surface area contributed by atoms with E-state index in [9.17, 15) is 14.3 Å². The van der Waals surface area contributed by atoms with Crippen LogP contribution in [0, 0.1) is 23.6 Å². The van der Waals surface area contributed by atoms with Gasteiger partial charge < -0.3 is 16.2 Å². The van der Waals surface area contributed by atoms with Crippen molar-refractivity contribution in [2.75, 3.05) is 5.32 Å². The van der Waals surface area contributed by atoms with Crippen LogP contribution < -0.4 is 11.1 Å². The molecule has 0 spiro atoms. The average Bonchev–Trinajstić information content (AvgIpc) is 3.27. The Bertz CT molecular complexity index is 1500. The maximum absolute atomic E-state index is 14.7. The summed E-state index contributed by atoms with van der Waals surface area (Å²) in [4.78, 5) is 33.3. The minimum Gasteiger partial charge on any atom is -0.463 e. The Kier molecular flexibility index (Phi) is 8.06. The zero-order valence-corrected chi connectivity index (χ0v) is 24.2. The fourth-order valence-corrected chi connectivity index (χ4v) is 5.87. The molecule has 0 radical (unpaired) electrons. The van der Waals surface area contributed by atoms with Gasteiger partial charge in [0, 0.05) is 11.7 Å². The van der Waals surface area contributed by atoms with Crippen LogP contribution in [0.2, 0.25) is 0 Å². The monoisotopic (exact) mass is 562 g/mol. The van der Waals surface area contributed by atoms with E-state index in [1.54, 1.807) is 6.07 Å². The van der Waals surface area contributed by atoms with E-state index in [0.29, 0.717) is 45.9 Å². The highest BCUT2D eigenvalue weighted by atomic mass is 19.1. The Morgan fingerprint density at radius 3 is 2.49 bits per heavy atom. The standard InChI is InChI=1S/C30H39FN8O2/c1-15(2)21-13-23(33-14-22(21)31)29-38-27-24(39(29)18(5)20-11-9-16(3)10-12-20)26(34-17(4)19-7-6-8-19)36-28(37-27)25(32)35-30(40)41/h13-17,19-20H,5-12H2,1-4H3,(H2,32,35)(H,40,41)(H,34,36,37). The fourth-order valence-electron chi connectivity index (χ4n) is 5.87. The summed E-state index contributed by atoms with van der Waals surface area (Å²) >= 11 is 0. The van der Waals surface area contributed by atoms with Gasteiger partial charge in [0.05, 0.1) is 6.20 Å². The normalized spacial score (nSPS) is 20.7. The summed E-state index contributed by atoms with van der Waals surface area (Å²) in [6.45, 7) is 12.8. The van der Waals surface area contributed by atoms with Gasteiger partial charge in [-0.05, 0) is 67.9 Å².